The van der Waals surface area contributed by atoms with Crippen LogP contribution in [0.25, 0.3) is 0 Å². The lowest BCUT2D eigenvalue weighted by Crippen LogP contribution is -2.19. The lowest BCUT2D eigenvalue weighted by molar-refractivity contribution is 0.562. The van der Waals surface area contributed by atoms with Crippen LogP contribution in [-0.2, 0) is 6.54 Å². The maximum Gasteiger partial charge on any atom is 0.126 e. The molecule has 2 aromatic carbocycles. The van der Waals surface area contributed by atoms with Crippen LogP contribution >= 0.6 is 0 Å². The highest BCUT2D eigenvalue weighted by molar-refractivity contribution is 5.31. The van der Waals surface area contributed by atoms with E-state index in [-0.39, 0.29) is 11.9 Å². The molecule has 2 heteroatoms. The third-order valence-corrected chi connectivity index (χ3v) is 3.80. The van der Waals surface area contributed by atoms with Crippen molar-refractivity contribution in [2.75, 3.05) is 0 Å². The van der Waals surface area contributed by atoms with Crippen LogP contribution in [-0.4, -0.2) is 0 Å². The molecule has 0 fully saturated rings. The normalized spacial score (nSPS) is 12.4. The van der Waals surface area contributed by atoms with Crippen molar-refractivity contribution in [3.63, 3.8) is 0 Å². The lowest BCUT2D eigenvalue weighted by atomic mass is 10.0. The molecule has 0 amide bonds. The van der Waals surface area contributed by atoms with Crippen molar-refractivity contribution in [1.29, 1.82) is 0 Å². The maximum atomic E-state index is 13.6. The molecule has 2 rings (SSSR count). The summed E-state index contributed by atoms with van der Waals surface area (Å²) in [5.41, 5.74) is 5.52. The number of nitrogens with one attached hydrogen (secondary N) is 1. The van der Waals surface area contributed by atoms with Gasteiger partial charge in [0.1, 0.15) is 5.82 Å². The summed E-state index contributed by atoms with van der Waals surface area (Å²) < 4.78 is 13.6. The Hall–Kier alpha value is -1.67. The molecule has 0 aliphatic heterocycles. The molecule has 106 valence electrons. The Balaban J connectivity index is 2.06. The van der Waals surface area contributed by atoms with Gasteiger partial charge in [-0.25, -0.2) is 4.39 Å². The monoisotopic (exact) mass is 271 g/mol. The van der Waals surface area contributed by atoms with Crippen molar-refractivity contribution < 1.29 is 4.39 Å². The standard InChI is InChI=1S/C18H22FN/c1-12-5-6-13(2)17(9-12)11-20-15(4)16-8-7-14(3)18(19)10-16/h5-10,15,20H,11H2,1-4H3. The van der Waals surface area contributed by atoms with Gasteiger partial charge < -0.3 is 5.32 Å². The van der Waals surface area contributed by atoms with Gasteiger partial charge >= 0.3 is 0 Å². The highest BCUT2D eigenvalue weighted by Gasteiger charge is 2.08. The Morgan fingerprint density at radius 3 is 2.40 bits per heavy atom. The van der Waals surface area contributed by atoms with E-state index in [9.17, 15) is 4.39 Å². The number of halogens is 1. The summed E-state index contributed by atoms with van der Waals surface area (Å²) in [5, 5.41) is 3.46. The quantitative estimate of drug-likeness (QED) is 0.856. The van der Waals surface area contributed by atoms with Crippen molar-refractivity contribution in [3.8, 4) is 0 Å². The molecule has 0 aliphatic rings. The minimum Gasteiger partial charge on any atom is -0.306 e. The second-order valence-corrected chi connectivity index (χ2v) is 5.54. The van der Waals surface area contributed by atoms with E-state index in [1.165, 1.54) is 16.7 Å². The van der Waals surface area contributed by atoms with Gasteiger partial charge in [-0.1, -0.05) is 35.9 Å². The number of hydrogen-bond donors (Lipinski definition) is 1. The smallest absolute Gasteiger partial charge is 0.126 e. The van der Waals surface area contributed by atoms with Gasteiger partial charge in [-0.15, -0.1) is 0 Å². The summed E-state index contributed by atoms with van der Waals surface area (Å²) in [6, 6.07) is 12.0. The van der Waals surface area contributed by atoms with Crippen LogP contribution in [0.2, 0.25) is 0 Å². The molecular weight excluding hydrogens is 249 g/mol. The molecule has 0 spiro atoms. The van der Waals surface area contributed by atoms with E-state index in [0.717, 1.165) is 12.1 Å². The molecule has 0 heterocycles. The second-order valence-electron chi connectivity index (χ2n) is 5.54. The summed E-state index contributed by atoms with van der Waals surface area (Å²) >= 11 is 0. The Kier molecular flexibility index (Phi) is 4.56. The molecule has 0 aliphatic carbocycles. The van der Waals surface area contributed by atoms with Gasteiger partial charge in [0.15, 0.2) is 0 Å². The molecule has 20 heavy (non-hydrogen) atoms. The van der Waals surface area contributed by atoms with E-state index >= 15 is 0 Å². The third kappa shape index (κ3) is 3.45. The molecule has 1 atom stereocenters. The summed E-state index contributed by atoms with van der Waals surface area (Å²) in [4.78, 5) is 0. The van der Waals surface area contributed by atoms with E-state index < -0.39 is 0 Å². The molecule has 0 saturated heterocycles. The van der Waals surface area contributed by atoms with Gasteiger partial charge in [0.25, 0.3) is 0 Å². The molecular formula is C18H22FN. The van der Waals surface area contributed by atoms with E-state index in [4.69, 9.17) is 0 Å². The fraction of sp³-hybridized carbons (Fsp3) is 0.333. The van der Waals surface area contributed by atoms with Crippen LogP contribution in [0, 0.1) is 26.6 Å². The first-order valence-electron chi connectivity index (χ1n) is 7.03. The lowest BCUT2D eigenvalue weighted by Gasteiger charge is -2.16. The molecule has 0 bridgehead atoms. The Morgan fingerprint density at radius 1 is 1.00 bits per heavy atom. The predicted molar refractivity (Wildman–Crippen MR) is 82.3 cm³/mol. The van der Waals surface area contributed by atoms with E-state index in [2.05, 4.69) is 44.3 Å². The van der Waals surface area contributed by atoms with Crippen LogP contribution in [0.15, 0.2) is 36.4 Å². The van der Waals surface area contributed by atoms with E-state index in [1.807, 2.05) is 12.1 Å². The molecule has 1 nitrogen and oxygen atoms in total. The van der Waals surface area contributed by atoms with Crippen LogP contribution < -0.4 is 5.32 Å². The van der Waals surface area contributed by atoms with Crippen molar-refractivity contribution in [1.82, 2.24) is 5.32 Å². The van der Waals surface area contributed by atoms with Gasteiger partial charge in [0.2, 0.25) is 0 Å². The van der Waals surface area contributed by atoms with Crippen LogP contribution in [0.3, 0.4) is 0 Å². The highest BCUT2D eigenvalue weighted by Crippen LogP contribution is 2.18. The topological polar surface area (TPSA) is 12.0 Å². The van der Waals surface area contributed by atoms with Gasteiger partial charge in [-0.05, 0) is 56.0 Å². The zero-order valence-electron chi connectivity index (χ0n) is 12.6. The summed E-state index contributed by atoms with van der Waals surface area (Å²) in [7, 11) is 0. The van der Waals surface area contributed by atoms with Crippen LogP contribution in [0.5, 0.6) is 0 Å². The molecule has 0 aromatic heterocycles. The van der Waals surface area contributed by atoms with Crippen LogP contribution in [0.1, 0.15) is 40.8 Å². The van der Waals surface area contributed by atoms with Crippen molar-refractivity contribution >= 4 is 0 Å². The Morgan fingerprint density at radius 2 is 1.70 bits per heavy atom. The first-order valence-corrected chi connectivity index (χ1v) is 7.03. The van der Waals surface area contributed by atoms with E-state index in [1.54, 1.807) is 13.0 Å². The molecule has 0 saturated carbocycles. The maximum absolute atomic E-state index is 13.6. The summed E-state index contributed by atoms with van der Waals surface area (Å²) in [6.45, 7) is 8.86. The van der Waals surface area contributed by atoms with Gasteiger partial charge in [0, 0.05) is 12.6 Å². The Labute approximate surface area is 120 Å². The fourth-order valence-electron chi connectivity index (χ4n) is 2.25. The minimum absolute atomic E-state index is 0.130. The highest BCUT2D eigenvalue weighted by atomic mass is 19.1. The van der Waals surface area contributed by atoms with E-state index in [0.29, 0.717) is 5.56 Å². The number of rotatable bonds is 4. The summed E-state index contributed by atoms with van der Waals surface area (Å²) in [6.07, 6.45) is 0. The molecule has 0 radical (unpaired) electrons. The predicted octanol–water partition coefficient (Wildman–Crippen LogP) is 4.60. The number of benzene rings is 2. The number of aryl methyl sites for hydroxylation is 3. The first kappa shape index (κ1) is 14.7. The Bertz CT molecular complexity index is 604. The minimum atomic E-state index is -0.136. The SMILES string of the molecule is Cc1ccc(C)c(CNC(C)c2ccc(C)c(F)c2)c1. The average molecular weight is 271 g/mol. The van der Waals surface area contributed by atoms with Crippen molar-refractivity contribution in [2.45, 2.75) is 40.3 Å². The third-order valence-electron chi connectivity index (χ3n) is 3.80. The average Bonchev–Trinajstić information content (AvgIpc) is 2.42. The first-order chi connectivity index (χ1) is 9.47. The van der Waals surface area contributed by atoms with Gasteiger partial charge in [-0.3, -0.25) is 0 Å². The zero-order chi connectivity index (χ0) is 14.7. The zero-order valence-corrected chi connectivity index (χ0v) is 12.6. The van der Waals surface area contributed by atoms with Crippen molar-refractivity contribution in [3.05, 3.63) is 70.0 Å². The van der Waals surface area contributed by atoms with Crippen molar-refractivity contribution in [2.24, 2.45) is 0 Å². The largest absolute Gasteiger partial charge is 0.306 e. The van der Waals surface area contributed by atoms with Crippen LogP contribution in [0.4, 0.5) is 4.39 Å². The fourth-order valence-corrected chi connectivity index (χ4v) is 2.25. The second kappa shape index (κ2) is 6.19. The number of hydrogen-bond acceptors (Lipinski definition) is 1. The molecule has 1 unspecified atom stereocenters. The molecule has 2 aromatic rings. The molecule has 1 N–H and O–H groups in total. The summed E-state index contributed by atoms with van der Waals surface area (Å²) in [5.74, 6) is -0.136. The van der Waals surface area contributed by atoms with Gasteiger partial charge in [0.05, 0.1) is 0 Å². The van der Waals surface area contributed by atoms with Gasteiger partial charge in [-0.2, -0.15) is 0 Å².